The zero-order valence-corrected chi connectivity index (χ0v) is 17.4. The standard InChI is InChI=1S/C22H25ClN4O3/c23-16-5-3-15(4-6-16)12-20(24)19-14-25-9-7-18(19)22(30)26-13-17-2-1-10-27(17)11-8-21(28)29/h3-7,9,14,17,24H,1-2,8,10-13H2,(H,26,30)(H,28,29). The van der Waals surface area contributed by atoms with Crippen LogP contribution in [0.4, 0.5) is 0 Å². The lowest BCUT2D eigenvalue weighted by atomic mass is 9.99. The van der Waals surface area contributed by atoms with Gasteiger partial charge >= 0.3 is 5.97 Å². The molecule has 2 heterocycles. The van der Waals surface area contributed by atoms with Crippen molar-refractivity contribution in [2.75, 3.05) is 19.6 Å². The summed E-state index contributed by atoms with van der Waals surface area (Å²) in [4.78, 5) is 29.9. The van der Waals surface area contributed by atoms with Gasteiger partial charge in [-0.1, -0.05) is 23.7 Å². The third-order valence-corrected chi connectivity index (χ3v) is 5.55. The van der Waals surface area contributed by atoms with E-state index in [1.165, 1.54) is 0 Å². The van der Waals surface area contributed by atoms with Crippen LogP contribution in [0.3, 0.4) is 0 Å². The van der Waals surface area contributed by atoms with Crippen molar-refractivity contribution < 1.29 is 14.7 Å². The van der Waals surface area contributed by atoms with Crippen LogP contribution in [0, 0.1) is 5.41 Å². The molecule has 3 N–H and O–H groups in total. The van der Waals surface area contributed by atoms with Gasteiger partial charge in [-0.05, 0) is 43.1 Å². The van der Waals surface area contributed by atoms with Gasteiger partial charge in [0.1, 0.15) is 0 Å². The molecule has 0 aliphatic carbocycles. The molecule has 0 spiro atoms. The van der Waals surface area contributed by atoms with Gasteiger partial charge in [-0.2, -0.15) is 0 Å². The van der Waals surface area contributed by atoms with E-state index in [1.54, 1.807) is 30.6 Å². The minimum Gasteiger partial charge on any atom is -0.481 e. The first-order valence-corrected chi connectivity index (χ1v) is 10.3. The molecule has 3 rings (SSSR count). The molecule has 1 aliphatic heterocycles. The van der Waals surface area contributed by atoms with E-state index < -0.39 is 5.97 Å². The Morgan fingerprint density at radius 1 is 1.23 bits per heavy atom. The van der Waals surface area contributed by atoms with E-state index in [-0.39, 0.29) is 18.4 Å². The van der Waals surface area contributed by atoms with Gasteiger partial charge in [0.2, 0.25) is 0 Å². The Hall–Kier alpha value is -2.77. The SMILES string of the molecule is N=C(Cc1ccc(Cl)cc1)c1cnccc1C(=O)NCC1CCCN1CCC(=O)O. The van der Waals surface area contributed by atoms with Gasteiger partial charge in [0.05, 0.1) is 12.0 Å². The Morgan fingerprint density at radius 2 is 2.00 bits per heavy atom. The van der Waals surface area contributed by atoms with Crippen LogP contribution in [0.5, 0.6) is 0 Å². The number of nitrogens with one attached hydrogen (secondary N) is 2. The Labute approximate surface area is 180 Å². The van der Waals surface area contributed by atoms with Gasteiger partial charge in [0, 0.05) is 54.2 Å². The van der Waals surface area contributed by atoms with E-state index in [0.29, 0.717) is 41.4 Å². The highest BCUT2D eigenvalue weighted by atomic mass is 35.5. The van der Waals surface area contributed by atoms with Crippen molar-refractivity contribution in [3.05, 3.63) is 64.4 Å². The summed E-state index contributed by atoms with van der Waals surface area (Å²) in [7, 11) is 0. The summed E-state index contributed by atoms with van der Waals surface area (Å²) in [6.07, 6.45) is 5.47. The van der Waals surface area contributed by atoms with Crippen LogP contribution in [0.2, 0.25) is 5.02 Å². The van der Waals surface area contributed by atoms with E-state index in [1.807, 2.05) is 12.1 Å². The molecule has 1 aromatic heterocycles. The molecular weight excluding hydrogens is 404 g/mol. The van der Waals surface area contributed by atoms with Crippen molar-refractivity contribution in [3.63, 3.8) is 0 Å². The summed E-state index contributed by atoms with van der Waals surface area (Å²) < 4.78 is 0. The molecule has 2 aromatic rings. The Balaban J connectivity index is 1.63. The molecule has 1 fully saturated rings. The first kappa shape index (κ1) is 21.9. The predicted octanol–water partition coefficient (Wildman–Crippen LogP) is 3.01. The van der Waals surface area contributed by atoms with Crippen molar-refractivity contribution in [3.8, 4) is 0 Å². The first-order chi connectivity index (χ1) is 14.4. The Kier molecular flexibility index (Phi) is 7.54. The third kappa shape index (κ3) is 5.87. The van der Waals surface area contributed by atoms with E-state index in [0.717, 1.165) is 24.9 Å². The first-order valence-electron chi connectivity index (χ1n) is 9.94. The zero-order chi connectivity index (χ0) is 21.5. The summed E-state index contributed by atoms with van der Waals surface area (Å²) in [6.45, 7) is 1.78. The molecule has 8 heteroatoms. The predicted molar refractivity (Wildman–Crippen MR) is 115 cm³/mol. The number of carboxylic acids is 1. The highest BCUT2D eigenvalue weighted by molar-refractivity contribution is 6.30. The van der Waals surface area contributed by atoms with Crippen molar-refractivity contribution in [1.29, 1.82) is 5.41 Å². The molecule has 1 saturated heterocycles. The summed E-state index contributed by atoms with van der Waals surface area (Å²) in [6, 6.07) is 9.03. The maximum atomic E-state index is 12.8. The second-order valence-corrected chi connectivity index (χ2v) is 7.83. The average Bonchev–Trinajstić information content (AvgIpc) is 3.19. The summed E-state index contributed by atoms with van der Waals surface area (Å²) in [5, 5.41) is 21.0. The summed E-state index contributed by atoms with van der Waals surface area (Å²) >= 11 is 5.92. The molecule has 1 atom stereocenters. The van der Waals surface area contributed by atoms with Crippen molar-refractivity contribution in [2.45, 2.75) is 31.7 Å². The second kappa shape index (κ2) is 10.3. The molecule has 0 bridgehead atoms. The molecule has 1 unspecified atom stereocenters. The van der Waals surface area contributed by atoms with E-state index in [2.05, 4.69) is 15.2 Å². The van der Waals surface area contributed by atoms with Crippen molar-refractivity contribution >= 4 is 29.2 Å². The second-order valence-electron chi connectivity index (χ2n) is 7.39. The largest absolute Gasteiger partial charge is 0.481 e. The maximum Gasteiger partial charge on any atom is 0.304 e. The lowest BCUT2D eigenvalue weighted by Crippen LogP contribution is -2.41. The van der Waals surface area contributed by atoms with Crippen molar-refractivity contribution in [2.24, 2.45) is 0 Å². The van der Waals surface area contributed by atoms with Crippen LogP contribution in [0.25, 0.3) is 0 Å². The molecule has 1 aliphatic rings. The van der Waals surface area contributed by atoms with Gasteiger partial charge in [-0.15, -0.1) is 0 Å². The minimum atomic E-state index is -0.815. The monoisotopic (exact) mass is 428 g/mol. The fraction of sp³-hybridized carbons (Fsp3) is 0.364. The molecule has 158 valence electrons. The number of carbonyl (C=O) groups is 2. The normalized spacial score (nSPS) is 16.4. The minimum absolute atomic E-state index is 0.0980. The Bertz CT molecular complexity index is 917. The zero-order valence-electron chi connectivity index (χ0n) is 16.6. The lowest BCUT2D eigenvalue weighted by Gasteiger charge is -2.24. The lowest BCUT2D eigenvalue weighted by molar-refractivity contribution is -0.137. The number of pyridine rings is 1. The molecule has 30 heavy (non-hydrogen) atoms. The number of rotatable bonds is 9. The number of carboxylic acid groups (broad SMARTS) is 1. The highest BCUT2D eigenvalue weighted by Crippen LogP contribution is 2.18. The van der Waals surface area contributed by atoms with Gasteiger partial charge in [-0.3, -0.25) is 19.5 Å². The van der Waals surface area contributed by atoms with Crippen LogP contribution < -0.4 is 5.32 Å². The average molecular weight is 429 g/mol. The number of nitrogens with zero attached hydrogens (tertiary/aromatic N) is 2. The maximum absolute atomic E-state index is 12.8. The quantitative estimate of drug-likeness (QED) is 0.532. The number of hydrogen-bond donors (Lipinski definition) is 3. The van der Waals surface area contributed by atoms with Gasteiger partial charge in [-0.25, -0.2) is 0 Å². The number of carbonyl (C=O) groups excluding carboxylic acids is 1. The van der Waals surface area contributed by atoms with Crippen LogP contribution >= 0.6 is 11.6 Å². The molecule has 1 amide bonds. The fourth-order valence-electron chi connectivity index (χ4n) is 3.70. The number of benzene rings is 1. The van der Waals surface area contributed by atoms with Crippen LogP contribution in [-0.2, 0) is 11.2 Å². The van der Waals surface area contributed by atoms with Gasteiger partial charge in [0.15, 0.2) is 0 Å². The van der Waals surface area contributed by atoms with E-state index in [9.17, 15) is 9.59 Å². The number of aliphatic carboxylic acids is 1. The van der Waals surface area contributed by atoms with E-state index in [4.69, 9.17) is 22.1 Å². The third-order valence-electron chi connectivity index (χ3n) is 5.30. The van der Waals surface area contributed by atoms with Gasteiger partial charge < -0.3 is 15.8 Å². The number of amides is 1. The molecule has 0 radical (unpaired) electrons. The van der Waals surface area contributed by atoms with E-state index >= 15 is 0 Å². The van der Waals surface area contributed by atoms with Crippen molar-refractivity contribution in [1.82, 2.24) is 15.2 Å². The fourth-order valence-corrected chi connectivity index (χ4v) is 3.83. The Morgan fingerprint density at radius 3 is 2.73 bits per heavy atom. The van der Waals surface area contributed by atoms with Crippen LogP contribution in [0.1, 0.15) is 40.7 Å². The molecule has 7 nitrogen and oxygen atoms in total. The number of hydrogen-bond acceptors (Lipinski definition) is 5. The molecular formula is C22H25ClN4O3. The smallest absolute Gasteiger partial charge is 0.304 e. The van der Waals surface area contributed by atoms with Crippen LogP contribution in [0.15, 0.2) is 42.7 Å². The number of likely N-dealkylation sites (tertiary alicyclic amines) is 1. The highest BCUT2D eigenvalue weighted by Gasteiger charge is 2.25. The summed E-state index contributed by atoms with van der Waals surface area (Å²) in [5.74, 6) is -1.07. The van der Waals surface area contributed by atoms with Gasteiger partial charge in [0.25, 0.3) is 5.91 Å². The topological polar surface area (TPSA) is 106 Å². The number of halogens is 1. The molecule has 0 saturated carbocycles. The summed E-state index contributed by atoms with van der Waals surface area (Å²) in [5.41, 5.74) is 2.15. The van der Waals surface area contributed by atoms with Crippen LogP contribution in [-0.4, -0.2) is 58.3 Å². The molecule has 1 aromatic carbocycles. The number of aromatic nitrogens is 1.